The first-order chi connectivity index (χ1) is 16.9. The SMILES string of the molecule is CCOC(=O)C(C)(C)Oc1ccc(CCC[C@H]2CN(Cc3ccc(C(F)(F)F)cc3)C(=O)N2C)cc1. The number of ether oxygens (including phenoxy) is 2. The number of rotatable bonds is 10. The Balaban J connectivity index is 1.48. The second-order valence-electron chi connectivity index (χ2n) is 9.49. The van der Waals surface area contributed by atoms with Crippen LogP contribution in [0.4, 0.5) is 18.0 Å². The summed E-state index contributed by atoms with van der Waals surface area (Å²) >= 11 is 0. The highest BCUT2D eigenvalue weighted by Crippen LogP contribution is 2.30. The molecule has 0 N–H and O–H groups in total. The van der Waals surface area contributed by atoms with Gasteiger partial charge >= 0.3 is 18.2 Å². The number of halogens is 3. The van der Waals surface area contributed by atoms with Crippen molar-refractivity contribution in [3.63, 3.8) is 0 Å². The van der Waals surface area contributed by atoms with Crippen LogP contribution in [0.1, 0.15) is 50.3 Å². The Morgan fingerprint density at radius 2 is 1.64 bits per heavy atom. The molecule has 1 saturated heterocycles. The summed E-state index contributed by atoms with van der Waals surface area (Å²) < 4.78 is 49.2. The van der Waals surface area contributed by atoms with Crippen LogP contribution in [0.3, 0.4) is 0 Å². The van der Waals surface area contributed by atoms with Crippen molar-refractivity contribution in [2.45, 2.75) is 64.4 Å². The monoisotopic (exact) mass is 506 g/mol. The van der Waals surface area contributed by atoms with E-state index in [0.717, 1.165) is 37.0 Å². The molecular formula is C27H33F3N2O4. The van der Waals surface area contributed by atoms with Crippen molar-refractivity contribution >= 4 is 12.0 Å². The average molecular weight is 507 g/mol. The van der Waals surface area contributed by atoms with Crippen LogP contribution in [-0.2, 0) is 28.7 Å². The highest BCUT2D eigenvalue weighted by Gasteiger charge is 2.35. The lowest BCUT2D eigenvalue weighted by Gasteiger charge is -2.24. The number of benzene rings is 2. The molecule has 196 valence electrons. The van der Waals surface area contributed by atoms with Crippen LogP contribution in [0.15, 0.2) is 48.5 Å². The minimum absolute atomic E-state index is 0.0416. The van der Waals surface area contributed by atoms with Crippen LogP contribution in [0.5, 0.6) is 5.75 Å². The fraction of sp³-hybridized carbons (Fsp3) is 0.481. The summed E-state index contributed by atoms with van der Waals surface area (Å²) in [5.74, 6) is 0.161. The summed E-state index contributed by atoms with van der Waals surface area (Å²) in [7, 11) is 1.76. The maximum absolute atomic E-state index is 12.8. The van der Waals surface area contributed by atoms with E-state index in [1.54, 1.807) is 37.6 Å². The molecule has 0 spiro atoms. The highest BCUT2D eigenvalue weighted by atomic mass is 19.4. The minimum atomic E-state index is -4.38. The van der Waals surface area contributed by atoms with E-state index < -0.39 is 23.3 Å². The largest absolute Gasteiger partial charge is 0.476 e. The zero-order valence-electron chi connectivity index (χ0n) is 21.1. The smallest absolute Gasteiger partial charge is 0.416 e. The van der Waals surface area contributed by atoms with Gasteiger partial charge in [-0.05, 0) is 75.4 Å². The molecule has 2 aromatic rings. The molecule has 0 bridgehead atoms. The van der Waals surface area contributed by atoms with Crippen LogP contribution in [-0.4, -0.2) is 53.6 Å². The predicted molar refractivity (Wildman–Crippen MR) is 130 cm³/mol. The Labute approximate surface area is 210 Å². The van der Waals surface area contributed by atoms with Crippen LogP contribution in [0.25, 0.3) is 0 Å². The predicted octanol–water partition coefficient (Wildman–Crippen LogP) is 5.68. The lowest BCUT2D eigenvalue weighted by atomic mass is 10.0. The van der Waals surface area contributed by atoms with E-state index >= 15 is 0 Å². The van der Waals surface area contributed by atoms with Gasteiger partial charge in [-0.1, -0.05) is 24.3 Å². The van der Waals surface area contributed by atoms with Gasteiger partial charge in [0.05, 0.1) is 18.2 Å². The number of esters is 1. The van der Waals surface area contributed by atoms with E-state index in [-0.39, 0.29) is 18.6 Å². The number of amides is 2. The van der Waals surface area contributed by atoms with Crippen molar-refractivity contribution in [2.24, 2.45) is 0 Å². The molecule has 0 radical (unpaired) electrons. The first kappa shape index (κ1) is 27.4. The molecule has 2 aromatic carbocycles. The zero-order valence-corrected chi connectivity index (χ0v) is 21.1. The molecule has 6 nitrogen and oxygen atoms in total. The van der Waals surface area contributed by atoms with Crippen molar-refractivity contribution in [1.82, 2.24) is 9.80 Å². The van der Waals surface area contributed by atoms with Crippen LogP contribution in [0.2, 0.25) is 0 Å². The number of hydrogen-bond acceptors (Lipinski definition) is 4. The fourth-order valence-electron chi connectivity index (χ4n) is 4.18. The Bertz CT molecular complexity index is 1040. The van der Waals surface area contributed by atoms with Gasteiger partial charge in [0.15, 0.2) is 5.60 Å². The van der Waals surface area contributed by atoms with Gasteiger partial charge in [-0.2, -0.15) is 13.2 Å². The quantitative estimate of drug-likeness (QED) is 0.389. The molecule has 1 fully saturated rings. The van der Waals surface area contributed by atoms with Gasteiger partial charge in [-0.15, -0.1) is 0 Å². The van der Waals surface area contributed by atoms with E-state index in [9.17, 15) is 22.8 Å². The number of carbonyl (C=O) groups excluding carboxylic acids is 2. The maximum atomic E-state index is 12.8. The fourth-order valence-corrected chi connectivity index (χ4v) is 4.18. The Kier molecular flexibility index (Phi) is 8.53. The molecule has 3 rings (SSSR count). The number of carbonyl (C=O) groups is 2. The number of likely N-dealkylation sites (N-methyl/N-ethyl adjacent to an activating group) is 1. The summed E-state index contributed by atoms with van der Waals surface area (Å²) in [5, 5.41) is 0. The Morgan fingerprint density at radius 3 is 2.22 bits per heavy atom. The van der Waals surface area contributed by atoms with Crippen LogP contribution < -0.4 is 4.74 Å². The van der Waals surface area contributed by atoms with Gasteiger partial charge in [0.1, 0.15) is 5.75 Å². The van der Waals surface area contributed by atoms with E-state index in [2.05, 4.69) is 0 Å². The van der Waals surface area contributed by atoms with Gasteiger partial charge in [0, 0.05) is 20.1 Å². The minimum Gasteiger partial charge on any atom is -0.476 e. The van der Waals surface area contributed by atoms with E-state index in [1.165, 1.54) is 12.1 Å². The third-order valence-electron chi connectivity index (χ3n) is 6.27. The molecule has 1 heterocycles. The molecule has 1 aliphatic rings. The van der Waals surface area contributed by atoms with Crippen LogP contribution in [0, 0.1) is 0 Å². The van der Waals surface area contributed by atoms with Gasteiger partial charge < -0.3 is 19.3 Å². The molecule has 0 unspecified atom stereocenters. The molecule has 0 aromatic heterocycles. The van der Waals surface area contributed by atoms with Gasteiger partial charge in [-0.3, -0.25) is 0 Å². The van der Waals surface area contributed by atoms with E-state index in [1.807, 2.05) is 24.3 Å². The van der Waals surface area contributed by atoms with Crippen molar-refractivity contribution in [3.05, 3.63) is 65.2 Å². The van der Waals surface area contributed by atoms with Crippen molar-refractivity contribution < 1.29 is 32.2 Å². The summed E-state index contributed by atoms with van der Waals surface area (Å²) in [6.45, 7) is 6.18. The van der Waals surface area contributed by atoms with Gasteiger partial charge in [0.2, 0.25) is 0 Å². The third kappa shape index (κ3) is 6.92. The molecule has 1 atom stereocenters. The number of aryl methyl sites for hydroxylation is 1. The average Bonchev–Trinajstić information content (AvgIpc) is 3.08. The molecule has 36 heavy (non-hydrogen) atoms. The third-order valence-corrected chi connectivity index (χ3v) is 6.27. The standard InChI is InChI=1S/C27H33F3N2O4/c1-5-35-24(33)26(2,3)36-23-15-11-19(12-16-23)7-6-8-22-18-32(25(34)31(22)4)17-20-9-13-21(14-10-20)27(28,29)30/h9-16,22H,5-8,17-18H2,1-4H3/t22-/m0/s1. The molecule has 0 aliphatic carbocycles. The topological polar surface area (TPSA) is 59.1 Å². The molecule has 1 aliphatic heterocycles. The molecule has 2 amide bonds. The first-order valence-corrected chi connectivity index (χ1v) is 12.0. The number of alkyl halides is 3. The lowest BCUT2D eigenvalue weighted by Crippen LogP contribution is -2.39. The Hall–Kier alpha value is -3.23. The zero-order chi connectivity index (χ0) is 26.5. The lowest BCUT2D eigenvalue weighted by molar-refractivity contribution is -0.158. The molecule has 0 saturated carbocycles. The number of hydrogen-bond donors (Lipinski definition) is 0. The van der Waals surface area contributed by atoms with Gasteiger partial charge in [-0.25, -0.2) is 9.59 Å². The highest BCUT2D eigenvalue weighted by molar-refractivity contribution is 5.79. The number of nitrogens with zero attached hydrogens (tertiary/aromatic N) is 2. The van der Waals surface area contributed by atoms with Crippen LogP contribution >= 0.6 is 0 Å². The van der Waals surface area contributed by atoms with Gasteiger partial charge in [0.25, 0.3) is 0 Å². The second kappa shape index (κ2) is 11.2. The summed E-state index contributed by atoms with van der Waals surface area (Å²) in [4.78, 5) is 28.0. The number of urea groups is 1. The second-order valence-corrected chi connectivity index (χ2v) is 9.49. The normalized spacial score (nSPS) is 16.4. The van der Waals surface area contributed by atoms with Crippen molar-refractivity contribution in [2.75, 3.05) is 20.2 Å². The maximum Gasteiger partial charge on any atom is 0.416 e. The van der Waals surface area contributed by atoms with Crippen molar-refractivity contribution in [1.29, 1.82) is 0 Å². The molecule has 9 heteroatoms. The summed E-state index contributed by atoms with van der Waals surface area (Å²) in [5.41, 5.74) is 0.00336. The van der Waals surface area contributed by atoms with Crippen molar-refractivity contribution in [3.8, 4) is 5.75 Å². The first-order valence-electron chi connectivity index (χ1n) is 12.0. The van der Waals surface area contributed by atoms with E-state index in [0.29, 0.717) is 24.5 Å². The Morgan fingerprint density at radius 1 is 1.03 bits per heavy atom. The molecular weight excluding hydrogens is 473 g/mol. The summed E-state index contributed by atoms with van der Waals surface area (Å²) in [6, 6.07) is 12.4. The summed E-state index contributed by atoms with van der Waals surface area (Å²) in [6.07, 6.45) is -1.89. The van der Waals surface area contributed by atoms with E-state index in [4.69, 9.17) is 9.47 Å².